The third kappa shape index (κ3) is 2.77. The molecule has 1 saturated carbocycles. The van der Waals surface area contributed by atoms with E-state index in [2.05, 4.69) is 27.3 Å². The lowest BCUT2D eigenvalue weighted by molar-refractivity contribution is 0.0633. The Morgan fingerprint density at radius 1 is 1.28 bits per heavy atom. The van der Waals surface area contributed by atoms with Gasteiger partial charge in [-0.1, -0.05) is 12.8 Å². The first-order valence-corrected chi connectivity index (χ1v) is 8.93. The van der Waals surface area contributed by atoms with E-state index >= 15 is 0 Å². The van der Waals surface area contributed by atoms with E-state index in [4.69, 9.17) is 4.74 Å². The predicted octanol–water partition coefficient (Wildman–Crippen LogP) is 2.46. The van der Waals surface area contributed by atoms with Gasteiger partial charge in [-0.15, -0.1) is 5.10 Å². The molecule has 1 aromatic heterocycles. The first-order valence-electron chi connectivity index (χ1n) is 8.93. The van der Waals surface area contributed by atoms with Gasteiger partial charge in [0.05, 0.1) is 7.11 Å². The molecule has 0 spiro atoms. The molecule has 0 bridgehead atoms. The summed E-state index contributed by atoms with van der Waals surface area (Å²) in [5.74, 6) is 1.39. The summed E-state index contributed by atoms with van der Waals surface area (Å²) in [6.07, 6.45) is 7.50. The van der Waals surface area contributed by atoms with Crippen LogP contribution in [0.4, 0.5) is 0 Å². The van der Waals surface area contributed by atoms with Gasteiger partial charge in [0.15, 0.2) is 0 Å². The lowest BCUT2D eigenvalue weighted by Gasteiger charge is -2.33. The molecule has 1 amide bonds. The van der Waals surface area contributed by atoms with E-state index in [0.29, 0.717) is 35.0 Å². The lowest BCUT2D eigenvalue weighted by Crippen LogP contribution is -2.42. The zero-order valence-electron chi connectivity index (χ0n) is 14.6. The maximum absolute atomic E-state index is 13.3. The Hall–Kier alpha value is -2.44. The maximum Gasteiger partial charge on any atom is 0.254 e. The summed E-state index contributed by atoms with van der Waals surface area (Å²) in [4.78, 5) is 15.4. The first kappa shape index (κ1) is 16.1. The van der Waals surface area contributed by atoms with Crippen LogP contribution in [-0.2, 0) is 0 Å². The van der Waals surface area contributed by atoms with E-state index in [-0.39, 0.29) is 5.91 Å². The SMILES string of the molecule is COc1ccc(C(=O)N2[C@H](C)C[C@@H]3CCCC[C@H]32)cc1-n1cnnn1. The second-order valence-electron chi connectivity index (χ2n) is 7.05. The number of tetrazole rings is 1. The molecule has 3 atom stereocenters. The van der Waals surface area contributed by atoms with Crippen molar-refractivity contribution in [1.82, 2.24) is 25.1 Å². The molecule has 1 saturated heterocycles. The molecule has 0 N–H and O–H groups in total. The van der Waals surface area contributed by atoms with Crippen LogP contribution in [0.2, 0.25) is 0 Å². The molecular weight excluding hydrogens is 318 g/mol. The Labute approximate surface area is 147 Å². The summed E-state index contributed by atoms with van der Waals surface area (Å²) < 4.78 is 6.92. The molecule has 1 aromatic carbocycles. The molecule has 2 aliphatic rings. The smallest absolute Gasteiger partial charge is 0.254 e. The highest BCUT2D eigenvalue weighted by Gasteiger charge is 2.42. The second-order valence-corrected chi connectivity index (χ2v) is 7.05. The molecular formula is C18H23N5O2. The number of hydrogen-bond donors (Lipinski definition) is 0. The fourth-order valence-electron chi connectivity index (χ4n) is 4.48. The Morgan fingerprint density at radius 2 is 2.12 bits per heavy atom. The normalized spacial score (nSPS) is 25.7. The van der Waals surface area contributed by atoms with E-state index < -0.39 is 0 Å². The molecule has 1 aliphatic carbocycles. The van der Waals surface area contributed by atoms with Crippen molar-refractivity contribution in [3.63, 3.8) is 0 Å². The number of amides is 1. The van der Waals surface area contributed by atoms with Crippen molar-refractivity contribution in [1.29, 1.82) is 0 Å². The molecule has 2 fully saturated rings. The Balaban J connectivity index is 1.67. The second kappa shape index (κ2) is 6.46. The van der Waals surface area contributed by atoms with Crippen molar-refractivity contribution in [2.75, 3.05) is 7.11 Å². The van der Waals surface area contributed by atoms with Crippen molar-refractivity contribution in [2.45, 2.75) is 51.1 Å². The van der Waals surface area contributed by atoms with E-state index in [1.165, 1.54) is 30.3 Å². The van der Waals surface area contributed by atoms with Crippen LogP contribution in [0.25, 0.3) is 5.69 Å². The molecule has 1 aliphatic heterocycles. The summed E-state index contributed by atoms with van der Waals surface area (Å²) in [7, 11) is 1.60. The zero-order valence-corrected chi connectivity index (χ0v) is 14.6. The number of methoxy groups -OCH3 is 1. The molecule has 0 unspecified atom stereocenters. The van der Waals surface area contributed by atoms with Gasteiger partial charge in [0.1, 0.15) is 17.8 Å². The van der Waals surface area contributed by atoms with Crippen LogP contribution in [0.1, 0.15) is 49.4 Å². The highest BCUT2D eigenvalue weighted by atomic mass is 16.5. The number of fused-ring (bicyclic) bond motifs is 1. The average Bonchev–Trinajstić information content (AvgIpc) is 3.27. The standard InChI is InChI=1S/C18H23N5O2/c1-12-9-13-5-3-4-6-15(13)23(12)18(24)14-7-8-17(25-2)16(10-14)22-11-19-20-21-22/h7-8,10-13,15H,3-6,9H2,1-2H3/t12-,13+,15-/m1/s1. The van der Waals surface area contributed by atoms with Gasteiger partial charge in [0.2, 0.25) is 0 Å². The van der Waals surface area contributed by atoms with Crippen LogP contribution in [0, 0.1) is 5.92 Å². The van der Waals surface area contributed by atoms with Crippen LogP contribution >= 0.6 is 0 Å². The lowest BCUT2D eigenvalue weighted by atomic mass is 9.85. The monoisotopic (exact) mass is 341 g/mol. The Bertz CT molecular complexity index is 761. The van der Waals surface area contributed by atoms with Crippen LogP contribution in [0.3, 0.4) is 0 Å². The summed E-state index contributed by atoms with van der Waals surface area (Å²) in [5, 5.41) is 11.3. The van der Waals surface area contributed by atoms with Crippen LogP contribution < -0.4 is 4.74 Å². The number of carbonyl (C=O) groups excluding carboxylic acids is 1. The summed E-state index contributed by atoms with van der Waals surface area (Å²) in [6.45, 7) is 2.17. The highest BCUT2D eigenvalue weighted by molar-refractivity contribution is 5.95. The largest absolute Gasteiger partial charge is 0.494 e. The summed E-state index contributed by atoms with van der Waals surface area (Å²) in [5.41, 5.74) is 1.33. The van der Waals surface area contributed by atoms with E-state index in [1.54, 1.807) is 7.11 Å². The molecule has 7 nitrogen and oxygen atoms in total. The first-order chi connectivity index (χ1) is 12.2. The van der Waals surface area contributed by atoms with Gasteiger partial charge >= 0.3 is 0 Å². The van der Waals surface area contributed by atoms with E-state index in [1.807, 2.05) is 18.2 Å². The number of aromatic nitrogens is 4. The van der Waals surface area contributed by atoms with Crippen molar-refractivity contribution < 1.29 is 9.53 Å². The van der Waals surface area contributed by atoms with Crippen LogP contribution in [0.5, 0.6) is 5.75 Å². The fourth-order valence-corrected chi connectivity index (χ4v) is 4.48. The van der Waals surface area contributed by atoms with Crippen LogP contribution in [-0.4, -0.2) is 50.2 Å². The number of rotatable bonds is 3. The topological polar surface area (TPSA) is 73.1 Å². The van der Waals surface area contributed by atoms with Gasteiger partial charge in [-0.25, -0.2) is 0 Å². The predicted molar refractivity (Wildman–Crippen MR) is 91.7 cm³/mol. The van der Waals surface area contributed by atoms with Crippen molar-refractivity contribution in [2.24, 2.45) is 5.92 Å². The number of ether oxygens (including phenoxy) is 1. The van der Waals surface area contributed by atoms with Crippen molar-refractivity contribution in [3.05, 3.63) is 30.1 Å². The fraction of sp³-hybridized carbons (Fsp3) is 0.556. The molecule has 4 rings (SSSR count). The Kier molecular flexibility index (Phi) is 4.15. The number of nitrogens with zero attached hydrogens (tertiary/aromatic N) is 5. The molecule has 0 radical (unpaired) electrons. The molecule has 7 heteroatoms. The number of likely N-dealkylation sites (tertiary alicyclic amines) is 1. The van der Waals surface area contributed by atoms with Crippen molar-refractivity contribution in [3.8, 4) is 11.4 Å². The minimum atomic E-state index is 0.0962. The minimum absolute atomic E-state index is 0.0962. The molecule has 25 heavy (non-hydrogen) atoms. The molecule has 132 valence electrons. The average molecular weight is 341 g/mol. The zero-order chi connectivity index (χ0) is 17.4. The number of hydrogen-bond acceptors (Lipinski definition) is 5. The van der Waals surface area contributed by atoms with Gasteiger partial charge in [-0.05, 0) is 60.7 Å². The molecule has 2 heterocycles. The van der Waals surface area contributed by atoms with Gasteiger partial charge in [0.25, 0.3) is 5.91 Å². The highest BCUT2D eigenvalue weighted by Crippen LogP contribution is 2.40. The number of carbonyl (C=O) groups is 1. The van der Waals surface area contributed by atoms with Crippen molar-refractivity contribution >= 4 is 5.91 Å². The van der Waals surface area contributed by atoms with Gasteiger partial charge in [0, 0.05) is 17.6 Å². The van der Waals surface area contributed by atoms with Crippen LogP contribution in [0.15, 0.2) is 24.5 Å². The minimum Gasteiger partial charge on any atom is -0.494 e. The van der Waals surface area contributed by atoms with E-state index in [9.17, 15) is 4.79 Å². The van der Waals surface area contributed by atoms with E-state index in [0.717, 1.165) is 12.8 Å². The molecule has 2 aromatic rings. The third-order valence-electron chi connectivity index (χ3n) is 5.60. The summed E-state index contributed by atoms with van der Waals surface area (Å²) in [6, 6.07) is 6.13. The third-order valence-corrected chi connectivity index (χ3v) is 5.60. The van der Waals surface area contributed by atoms with Gasteiger partial charge in [-0.3, -0.25) is 4.79 Å². The summed E-state index contributed by atoms with van der Waals surface area (Å²) >= 11 is 0. The maximum atomic E-state index is 13.3. The Morgan fingerprint density at radius 3 is 2.88 bits per heavy atom. The van der Waals surface area contributed by atoms with Gasteiger partial charge < -0.3 is 9.64 Å². The van der Waals surface area contributed by atoms with Gasteiger partial charge in [-0.2, -0.15) is 4.68 Å². The quantitative estimate of drug-likeness (QED) is 0.857. The number of benzene rings is 1.